The fourth-order valence-electron chi connectivity index (χ4n) is 1.67. The molecule has 1 fully saturated rings. The first-order valence-electron chi connectivity index (χ1n) is 5.27. The molecule has 0 bridgehead atoms. The molecule has 13 heavy (non-hydrogen) atoms. The van der Waals surface area contributed by atoms with Gasteiger partial charge in [-0.25, -0.2) is 0 Å². The van der Waals surface area contributed by atoms with Crippen molar-refractivity contribution in [2.45, 2.75) is 32.7 Å². The van der Waals surface area contributed by atoms with E-state index in [9.17, 15) is 0 Å². The van der Waals surface area contributed by atoms with E-state index in [2.05, 4.69) is 31.3 Å². The standard InChI is InChI=1S/C11H21NO/c1-3-4-5-7-12-10(2)11-6-8-13-9-11/h3-4,10-12H,5-9H2,1-2H3/b4-3+. The van der Waals surface area contributed by atoms with E-state index in [1.807, 2.05) is 0 Å². The maximum Gasteiger partial charge on any atom is 0.0509 e. The summed E-state index contributed by atoms with van der Waals surface area (Å²) < 4.78 is 5.35. The van der Waals surface area contributed by atoms with E-state index in [0.29, 0.717) is 6.04 Å². The van der Waals surface area contributed by atoms with Gasteiger partial charge in [0.15, 0.2) is 0 Å². The molecule has 1 aliphatic rings. The van der Waals surface area contributed by atoms with Crippen LogP contribution >= 0.6 is 0 Å². The van der Waals surface area contributed by atoms with Crippen molar-refractivity contribution in [3.05, 3.63) is 12.2 Å². The van der Waals surface area contributed by atoms with Crippen LogP contribution in [0.1, 0.15) is 26.7 Å². The van der Waals surface area contributed by atoms with Crippen LogP contribution in [0, 0.1) is 5.92 Å². The summed E-state index contributed by atoms with van der Waals surface area (Å²) in [7, 11) is 0. The molecule has 1 saturated heterocycles. The van der Waals surface area contributed by atoms with E-state index in [1.165, 1.54) is 6.42 Å². The van der Waals surface area contributed by atoms with Gasteiger partial charge in [0.2, 0.25) is 0 Å². The molecular weight excluding hydrogens is 162 g/mol. The summed E-state index contributed by atoms with van der Waals surface area (Å²) in [5, 5.41) is 3.53. The number of ether oxygens (including phenoxy) is 1. The summed E-state index contributed by atoms with van der Waals surface area (Å²) in [6.45, 7) is 7.30. The third-order valence-corrected chi connectivity index (χ3v) is 2.69. The minimum atomic E-state index is 0.604. The zero-order chi connectivity index (χ0) is 9.52. The molecule has 0 aromatic rings. The van der Waals surface area contributed by atoms with Crippen LogP contribution in [0.2, 0.25) is 0 Å². The Morgan fingerprint density at radius 3 is 3.08 bits per heavy atom. The van der Waals surface area contributed by atoms with Gasteiger partial charge in [-0.1, -0.05) is 12.2 Å². The summed E-state index contributed by atoms with van der Waals surface area (Å²) in [4.78, 5) is 0. The third kappa shape index (κ3) is 3.92. The van der Waals surface area contributed by atoms with Crippen molar-refractivity contribution < 1.29 is 4.74 Å². The largest absolute Gasteiger partial charge is 0.381 e. The molecule has 2 atom stereocenters. The Labute approximate surface area is 81.4 Å². The Morgan fingerprint density at radius 1 is 1.62 bits per heavy atom. The highest BCUT2D eigenvalue weighted by atomic mass is 16.5. The van der Waals surface area contributed by atoms with E-state index in [4.69, 9.17) is 4.74 Å². The Balaban J connectivity index is 2.06. The molecule has 0 spiro atoms. The average Bonchev–Trinajstić information content (AvgIpc) is 2.65. The van der Waals surface area contributed by atoms with Crippen molar-refractivity contribution in [1.29, 1.82) is 0 Å². The summed E-state index contributed by atoms with van der Waals surface area (Å²) >= 11 is 0. The van der Waals surface area contributed by atoms with E-state index < -0.39 is 0 Å². The van der Waals surface area contributed by atoms with Crippen molar-refractivity contribution in [2.24, 2.45) is 5.92 Å². The zero-order valence-corrected chi connectivity index (χ0v) is 8.75. The van der Waals surface area contributed by atoms with E-state index in [-0.39, 0.29) is 0 Å². The lowest BCUT2D eigenvalue weighted by molar-refractivity contribution is 0.178. The minimum absolute atomic E-state index is 0.604. The van der Waals surface area contributed by atoms with Gasteiger partial charge in [0.1, 0.15) is 0 Å². The third-order valence-electron chi connectivity index (χ3n) is 2.69. The van der Waals surface area contributed by atoms with E-state index in [0.717, 1.165) is 32.1 Å². The molecule has 0 saturated carbocycles. The summed E-state index contributed by atoms with van der Waals surface area (Å²) in [6, 6.07) is 0.604. The van der Waals surface area contributed by atoms with Gasteiger partial charge < -0.3 is 10.1 Å². The van der Waals surface area contributed by atoms with Gasteiger partial charge in [-0.2, -0.15) is 0 Å². The van der Waals surface area contributed by atoms with Crippen molar-refractivity contribution in [3.8, 4) is 0 Å². The van der Waals surface area contributed by atoms with Gasteiger partial charge in [-0.05, 0) is 39.2 Å². The maximum atomic E-state index is 5.35. The SMILES string of the molecule is C/C=C/CCNC(C)C1CCOC1. The lowest BCUT2D eigenvalue weighted by atomic mass is 10.0. The van der Waals surface area contributed by atoms with Gasteiger partial charge >= 0.3 is 0 Å². The molecule has 1 heterocycles. The molecule has 0 aromatic carbocycles. The predicted octanol–water partition coefficient (Wildman–Crippen LogP) is 1.97. The first-order chi connectivity index (χ1) is 6.34. The number of hydrogen-bond donors (Lipinski definition) is 1. The van der Waals surface area contributed by atoms with Crippen LogP contribution in [0.3, 0.4) is 0 Å². The van der Waals surface area contributed by atoms with Crippen molar-refractivity contribution in [2.75, 3.05) is 19.8 Å². The predicted molar refractivity (Wildman–Crippen MR) is 55.8 cm³/mol. The molecule has 76 valence electrons. The second-order valence-electron chi connectivity index (χ2n) is 3.72. The van der Waals surface area contributed by atoms with Crippen LogP contribution < -0.4 is 5.32 Å². The van der Waals surface area contributed by atoms with Crippen molar-refractivity contribution in [1.82, 2.24) is 5.32 Å². The van der Waals surface area contributed by atoms with Crippen molar-refractivity contribution >= 4 is 0 Å². The molecule has 1 aliphatic heterocycles. The molecule has 0 aromatic heterocycles. The Kier molecular flexibility index (Phi) is 5.09. The number of rotatable bonds is 5. The Morgan fingerprint density at radius 2 is 2.46 bits per heavy atom. The normalized spacial score (nSPS) is 25.5. The Bertz CT molecular complexity index is 150. The van der Waals surface area contributed by atoms with Crippen LogP contribution in [0.4, 0.5) is 0 Å². The van der Waals surface area contributed by atoms with Crippen LogP contribution in [0.15, 0.2) is 12.2 Å². The lowest BCUT2D eigenvalue weighted by Crippen LogP contribution is -2.34. The minimum Gasteiger partial charge on any atom is -0.381 e. The quantitative estimate of drug-likeness (QED) is 0.520. The molecule has 0 radical (unpaired) electrons. The lowest BCUT2D eigenvalue weighted by Gasteiger charge is -2.18. The molecule has 2 nitrogen and oxygen atoms in total. The molecule has 0 aliphatic carbocycles. The van der Waals surface area contributed by atoms with E-state index in [1.54, 1.807) is 0 Å². The van der Waals surface area contributed by atoms with Gasteiger partial charge in [-0.15, -0.1) is 0 Å². The number of hydrogen-bond acceptors (Lipinski definition) is 2. The highest BCUT2D eigenvalue weighted by Gasteiger charge is 2.21. The maximum absolute atomic E-state index is 5.35. The zero-order valence-electron chi connectivity index (χ0n) is 8.75. The molecule has 2 heteroatoms. The fraction of sp³-hybridized carbons (Fsp3) is 0.818. The monoisotopic (exact) mass is 183 g/mol. The van der Waals surface area contributed by atoms with Crippen LogP contribution in [-0.2, 0) is 4.74 Å². The van der Waals surface area contributed by atoms with Gasteiger partial charge in [0.05, 0.1) is 6.61 Å². The molecular formula is C11H21NO. The molecule has 1 N–H and O–H groups in total. The molecule has 1 rings (SSSR count). The number of allylic oxidation sites excluding steroid dienone is 1. The average molecular weight is 183 g/mol. The van der Waals surface area contributed by atoms with Crippen LogP contribution in [0.5, 0.6) is 0 Å². The highest BCUT2D eigenvalue weighted by Crippen LogP contribution is 2.16. The summed E-state index contributed by atoms with van der Waals surface area (Å²) in [5.74, 6) is 0.727. The van der Waals surface area contributed by atoms with Gasteiger partial charge in [0, 0.05) is 12.6 Å². The molecule has 0 amide bonds. The second-order valence-corrected chi connectivity index (χ2v) is 3.72. The fourth-order valence-corrected chi connectivity index (χ4v) is 1.67. The smallest absolute Gasteiger partial charge is 0.0509 e. The molecule has 2 unspecified atom stereocenters. The second kappa shape index (κ2) is 6.17. The first kappa shape index (κ1) is 10.7. The van der Waals surface area contributed by atoms with E-state index >= 15 is 0 Å². The summed E-state index contributed by atoms with van der Waals surface area (Å²) in [5.41, 5.74) is 0. The number of nitrogens with one attached hydrogen (secondary N) is 1. The topological polar surface area (TPSA) is 21.3 Å². The Hall–Kier alpha value is -0.340. The van der Waals surface area contributed by atoms with Crippen molar-refractivity contribution in [3.63, 3.8) is 0 Å². The summed E-state index contributed by atoms with van der Waals surface area (Å²) in [6.07, 6.45) is 6.65. The first-order valence-corrected chi connectivity index (χ1v) is 5.27. The highest BCUT2D eigenvalue weighted by molar-refractivity contribution is 4.80. The van der Waals surface area contributed by atoms with Crippen LogP contribution in [-0.4, -0.2) is 25.8 Å². The van der Waals surface area contributed by atoms with Gasteiger partial charge in [-0.3, -0.25) is 0 Å². The van der Waals surface area contributed by atoms with Gasteiger partial charge in [0.25, 0.3) is 0 Å². The van der Waals surface area contributed by atoms with Crippen LogP contribution in [0.25, 0.3) is 0 Å².